The molecule has 3 N–H and O–H groups in total. The van der Waals surface area contributed by atoms with Crippen molar-refractivity contribution in [1.29, 1.82) is 0 Å². The van der Waals surface area contributed by atoms with Crippen molar-refractivity contribution >= 4 is 33.2 Å². The van der Waals surface area contributed by atoms with E-state index in [9.17, 15) is 4.79 Å². The van der Waals surface area contributed by atoms with Crippen LogP contribution in [-0.4, -0.2) is 30.1 Å². The lowest BCUT2D eigenvalue weighted by Crippen LogP contribution is -2.09. The topological polar surface area (TPSA) is 112 Å². The number of benzene rings is 1. The van der Waals surface area contributed by atoms with Crippen LogP contribution in [0.5, 0.6) is 0 Å². The lowest BCUT2D eigenvalue weighted by Gasteiger charge is -2.11. The van der Waals surface area contributed by atoms with E-state index in [1.54, 1.807) is 18.6 Å². The Balaban J connectivity index is 1.68. The fourth-order valence-corrected chi connectivity index (χ4v) is 3.25. The van der Waals surface area contributed by atoms with Gasteiger partial charge in [0.1, 0.15) is 12.1 Å². The Kier molecular flexibility index (Phi) is 3.61. The molecule has 136 valence electrons. The molecule has 28 heavy (non-hydrogen) atoms. The summed E-state index contributed by atoms with van der Waals surface area (Å²) >= 11 is 0. The average molecular weight is 369 g/mol. The van der Waals surface area contributed by atoms with Crippen molar-refractivity contribution in [3.8, 4) is 11.3 Å². The van der Waals surface area contributed by atoms with Gasteiger partial charge in [0.05, 0.1) is 22.3 Å². The number of aryl methyl sites for hydroxylation is 1. The van der Waals surface area contributed by atoms with Crippen molar-refractivity contribution < 1.29 is 0 Å². The van der Waals surface area contributed by atoms with E-state index in [0.29, 0.717) is 16.9 Å². The standard InChI is InChI=1S/C20H15N7O/c1-11-15-3-2-14(7-17(15)27-26-11)24-19-18-12(4-5-23-20(18)28)6-16(25-19)13-8-21-10-22-9-13/h2-10H,1H3,(H,23,28)(H,24,25)(H,26,27). The molecule has 1 aromatic carbocycles. The van der Waals surface area contributed by atoms with Gasteiger partial charge in [-0.15, -0.1) is 0 Å². The summed E-state index contributed by atoms with van der Waals surface area (Å²) in [7, 11) is 0. The maximum absolute atomic E-state index is 12.5. The fraction of sp³-hybridized carbons (Fsp3) is 0.0500. The number of hydrogen-bond donors (Lipinski definition) is 3. The van der Waals surface area contributed by atoms with Crippen molar-refractivity contribution in [2.24, 2.45) is 0 Å². The molecule has 5 aromatic rings. The molecule has 4 heterocycles. The van der Waals surface area contributed by atoms with E-state index in [4.69, 9.17) is 0 Å². The van der Waals surface area contributed by atoms with E-state index in [-0.39, 0.29) is 5.56 Å². The molecule has 5 rings (SSSR count). The van der Waals surface area contributed by atoms with Crippen LogP contribution in [-0.2, 0) is 0 Å². The van der Waals surface area contributed by atoms with Crippen LogP contribution in [0.2, 0.25) is 0 Å². The Morgan fingerprint density at radius 1 is 1.07 bits per heavy atom. The molecule has 0 amide bonds. The zero-order valence-electron chi connectivity index (χ0n) is 14.9. The van der Waals surface area contributed by atoms with Gasteiger partial charge >= 0.3 is 0 Å². The molecule has 0 radical (unpaired) electrons. The third-order valence-corrected chi connectivity index (χ3v) is 4.63. The zero-order chi connectivity index (χ0) is 19.1. The maximum Gasteiger partial charge on any atom is 0.259 e. The first-order valence-electron chi connectivity index (χ1n) is 8.68. The lowest BCUT2D eigenvalue weighted by atomic mass is 10.1. The highest BCUT2D eigenvalue weighted by atomic mass is 16.1. The van der Waals surface area contributed by atoms with Gasteiger partial charge in [-0.05, 0) is 42.6 Å². The van der Waals surface area contributed by atoms with Crippen molar-refractivity contribution in [2.45, 2.75) is 6.92 Å². The van der Waals surface area contributed by atoms with Gasteiger partial charge in [-0.1, -0.05) is 0 Å². The Hall–Kier alpha value is -4.07. The van der Waals surface area contributed by atoms with Gasteiger partial charge in [-0.25, -0.2) is 15.0 Å². The van der Waals surface area contributed by atoms with Gasteiger partial charge in [-0.3, -0.25) is 9.89 Å². The van der Waals surface area contributed by atoms with Crippen LogP contribution in [0.1, 0.15) is 5.69 Å². The first-order valence-corrected chi connectivity index (χ1v) is 8.68. The van der Waals surface area contributed by atoms with Crippen molar-refractivity contribution in [1.82, 2.24) is 30.1 Å². The first kappa shape index (κ1) is 16.1. The number of fused-ring (bicyclic) bond motifs is 2. The minimum atomic E-state index is -0.207. The molecule has 8 heteroatoms. The normalized spacial score (nSPS) is 11.2. The van der Waals surface area contributed by atoms with Crippen LogP contribution in [0.25, 0.3) is 32.9 Å². The molecular formula is C20H15N7O. The number of nitrogens with one attached hydrogen (secondary N) is 3. The molecule has 0 saturated carbocycles. The molecular weight excluding hydrogens is 354 g/mol. The lowest BCUT2D eigenvalue weighted by molar-refractivity contribution is 1.07. The quantitative estimate of drug-likeness (QED) is 0.450. The molecule has 4 aromatic heterocycles. The summed E-state index contributed by atoms with van der Waals surface area (Å²) in [5.74, 6) is 0.466. The highest BCUT2D eigenvalue weighted by molar-refractivity contribution is 5.95. The molecule has 0 saturated heterocycles. The molecule has 0 atom stereocenters. The second kappa shape index (κ2) is 6.27. The molecule has 0 unspecified atom stereocenters. The van der Waals surface area contributed by atoms with Gasteiger partial charge < -0.3 is 10.3 Å². The molecule has 0 aliphatic heterocycles. The van der Waals surface area contributed by atoms with E-state index >= 15 is 0 Å². The second-order valence-electron chi connectivity index (χ2n) is 6.45. The number of H-pyrrole nitrogens is 2. The summed E-state index contributed by atoms with van der Waals surface area (Å²) in [4.78, 5) is 28.0. The molecule has 0 bridgehead atoms. The zero-order valence-corrected chi connectivity index (χ0v) is 14.9. The third-order valence-electron chi connectivity index (χ3n) is 4.63. The van der Waals surface area contributed by atoms with E-state index in [1.165, 1.54) is 6.33 Å². The SMILES string of the molecule is Cc1n[nH]c2cc(Nc3nc(-c4cncnc4)cc4cc[nH]c(=O)c34)ccc12. The number of nitrogens with zero attached hydrogens (tertiary/aromatic N) is 4. The Labute approximate surface area is 158 Å². The van der Waals surface area contributed by atoms with Crippen LogP contribution < -0.4 is 10.9 Å². The fourth-order valence-electron chi connectivity index (χ4n) is 3.25. The summed E-state index contributed by atoms with van der Waals surface area (Å²) in [6.45, 7) is 1.95. The van der Waals surface area contributed by atoms with Crippen LogP contribution in [0.4, 0.5) is 11.5 Å². The van der Waals surface area contributed by atoms with E-state index < -0.39 is 0 Å². The highest BCUT2D eigenvalue weighted by Crippen LogP contribution is 2.28. The number of aromatic amines is 2. The molecule has 0 aliphatic carbocycles. The van der Waals surface area contributed by atoms with Gasteiger partial charge in [0, 0.05) is 35.2 Å². The minimum absolute atomic E-state index is 0.207. The Morgan fingerprint density at radius 3 is 2.79 bits per heavy atom. The van der Waals surface area contributed by atoms with Crippen LogP contribution in [0.3, 0.4) is 0 Å². The largest absolute Gasteiger partial charge is 0.339 e. The van der Waals surface area contributed by atoms with Gasteiger partial charge in [0.25, 0.3) is 5.56 Å². The number of aromatic nitrogens is 6. The summed E-state index contributed by atoms with van der Waals surface area (Å²) in [5, 5.41) is 12.8. The summed E-state index contributed by atoms with van der Waals surface area (Å²) in [5.41, 5.74) is 3.89. The Morgan fingerprint density at radius 2 is 1.93 bits per heavy atom. The summed E-state index contributed by atoms with van der Waals surface area (Å²) < 4.78 is 0. The average Bonchev–Trinajstić information content (AvgIpc) is 3.09. The van der Waals surface area contributed by atoms with Crippen molar-refractivity contribution in [3.63, 3.8) is 0 Å². The number of pyridine rings is 2. The molecule has 0 fully saturated rings. The van der Waals surface area contributed by atoms with Crippen LogP contribution >= 0.6 is 0 Å². The molecule has 8 nitrogen and oxygen atoms in total. The van der Waals surface area contributed by atoms with Gasteiger partial charge in [0.15, 0.2) is 0 Å². The van der Waals surface area contributed by atoms with Gasteiger partial charge in [0.2, 0.25) is 0 Å². The summed E-state index contributed by atoms with van der Waals surface area (Å²) in [6, 6.07) is 9.57. The maximum atomic E-state index is 12.5. The summed E-state index contributed by atoms with van der Waals surface area (Å²) in [6.07, 6.45) is 6.48. The number of rotatable bonds is 3. The van der Waals surface area contributed by atoms with Crippen molar-refractivity contribution in [2.75, 3.05) is 5.32 Å². The Bertz CT molecular complexity index is 1370. The second-order valence-corrected chi connectivity index (χ2v) is 6.45. The van der Waals surface area contributed by atoms with E-state index in [2.05, 4.69) is 35.5 Å². The number of hydrogen-bond acceptors (Lipinski definition) is 6. The predicted molar refractivity (Wildman–Crippen MR) is 108 cm³/mol. The smallest absolute Gasteiger partial charge is 0.259 e. The van der Waals surface area contributed by atoms with Crippen LogP contribution in [0.15, 0.2) is 60.0 Å². The number of anilines is 2. The predicted octanol–water partition coefficient (Wildman–Crippen LogP) is 3.31. The third kappa shape index (κ3) is 2.67. The monoisotopic (exact) mass is 369 g/mol. The van der Waals surface area contributed by atoms with Crippen LogP contribution in [0, 0.1) is 6.92 Å². The van der Waals surface area contributed by atoms with Gasteiger partial charge in [-0.2, -0.15) is 5.10 Å². The van der Waals surface area contributed by atoms with E-state index in [0.717, 1.165) is 33.2 Å². The molecule has 0 spiro atoms. The van der Waals surface area contributed by atoms with Crippen molar-refractivity contribution in [3.05, 3.63) is 71.3 Å². The minimum Gasteiger partial charge on any atom is -0.339 e. The highest BCUT2D eigenvalue weighted by Gasteiger charge is 2.12. The van der Waals surface area contributed by atoms with E-state index in [1.807, 2.05) is 37.3 Å². The first-order chi connectivity index (χ1) is 13.7. The molecule has 0 aliphatic rings.